The Kier molecular flexibility index (Phi) is 5.93. The Morgan fingerprint density at radius 1 is 1.22 bits per heavy atom. The number of pyridine rings is 1. The zero-order chi connectivity index (χ0) is 19.4. The van der Waals surface area contributed by atoms with Crippen LogP contribution in [0.1, 0.15) is 64.5 Å². The largest absolute Gasteiger partial charge is 0.492 e. The molecule has 0 radical (unpaired) electrons. The molecule has 1 aromatic heterocycles. The molecule has 2 heterocycles. The quantitative estimate of drug-likeness (QED) is 0.692. The maximum Gasteiger partial charge on any atom is 0.144 e. The van der Waals surface area contributed by atoms with Crippen LogP contribution in [0.4, 0.5) is 11.4 Å². The van der Waals surface area contributed by atoms with Crippen molar-refractivity contribution in [3.63, 3.8) is 0 Å². The van der Waals surface area contributed by atoms with E-state index in [2.05, 4.69) is 55.0 Å². The standard InChI is InChI=1S/C23H33N3O/c1-6-12-26-21-14-22(27-7-2)20(25-16-18-8-10-24-11-9-18)13-19(21)17(3)15-23(26,4)5/h8-11,13-14,17,25H,6-7,12,15-16H2,1-5H3. The molecule has 2 aromatic rings. The fraction of sp³-hybridized carbons (Fsp3) is 0.522. The van der Waals surface area contributed by atoms with Crippen LogP contribution in [-0.4, -0.2) is 23.7 Å². The van der Waals surface area contributed by atoms with Gasteiger partial charge in [0.2, 0.25) is 0 Å². The minimum atomic E-state index is 0.165. The monoisotopic (exact) mass is 367 g/mol. The summed E-state index contributed by atoms with van der Waals surface area (Å²) in [6.45, 7) is 13.9. The van der Waals surface area contributed by atoms with Crippen LogP contribution < -0.4 is 15.0 Å². The van der Waals surface area contributed by atoms with E-state index in [9.17, 15) is 0 Å². The van der Waals surface area contributed by atoms with Gasteiger partial charge in [0.25, 0.3) is 0 Å². The normalized spacial score (nSPS) is 18.1. The molecule has 0 saturated heterocycles. The summed E-state index contributed by atoms with van der Waals surface area (Å²) in [6.07, 6.45) is 5.97. The van der Waals surface area contributed by atoms with Crippen LogP contribution in [0.3, 0.4) is 0 Å². The van der Waals surface area contributed by atoms with Crippen molar-refractivity contribution in [1.82, 2.24) is 4.98 Å². The van der Waals surface area contributed by atoms with Crippen molar-refractivity contribution >= 4 is 11.4 Å². The first-order valence-corrected chi connectivity index (χ1v) is 10.2. The minimum absolute atomic E-state index is 0.165. The Labute approximate surface area is 164 Å². The van der Waals surface area contributed by atoms with Gasteiger partial charge >= 0.3 is 0 Å². The number of benzene rings is 1. The van der Waals surface area contributed by atoms with Crippen molar-refractivity contribution in [3.05, 3.63) is 47.8 Å². The van der Waals surface area contributed by atoms with Crippen molar-refractivity contribution < 1.29 is 4.74 Å². The second-order valence-electron chi connectivity index (χ2n) is 8.12. The van der Waals surface area contributed by atoms with Gasteiger partial charge in [-0.05, 0) is 68.9 Å². The van der Waals surface area contributed by atoms with E-state index < -0.39 is 0 Å². The Morgan fingerprint density at radius 3 is 2.63 bits per heavy atom. The van der Waals surface area contributed by atoms with Crippen LogP contribution in [0.2, 0.25) is 0 Å². The van der Waals surface area contributed by atoms with Gasteiger partial charge < -0.3 is 15.0 Å². The van der Waals surface area contributed by atoms with Crippen molar-refractivity contribution in [2.75, 3.05) is 23.4 Å². The highest BCUT2D eigenvalue weighted by Gasteiger charge is 2.36. The van der Waals surface area contributed by atoms with E-state index in [4.69, 9.17) is 4.74 Å². The highest BCUT2D eigenvalue weighted by molar-refractivity contribution is 5.71. The molecular formula is C23H33N3O. The second kappa shape index (κ2) is 8.20. The molecule has 1 unspecified atom stereocenters. The molecule has 4 heteroatoms. The van der Waals surface area contributed by atoms with Gasteiger partial charge in [-0.15, -0.1) is 0 Å². The predicted molar refractivity (Wildman–Crippen MR) is 114 cm³/mol. The molecule has 0 aliphatic carbocycles. The van der Waals surface area contributed by atoms with E-state index >= 15 is 0 Å². The molecule has 3 rings (SSSR count). The molecule has 0 amide bonds. The summed E-state index contributed by atoms with van der Waals surface area (Å²) in [6, 6.07) is 8.64. The van der Waals surface area contributed by atoms with Crippen LogP contribution in [0.25, 0.3) is 0 Å². The molecule has 146 valence electrons. The van der Waals surface area contributed by atoms with E-state index in [1.165, 1.54) is 16.8 Å². The van der Waals surface area contributed by atoms with E-state index in [-0.39, 0.29) is 5.54 Å². The number of anilines is 2. The molecule has 0 bridgehead atoms. The van der Waals surface area contributed by atoms with Crippen LogP contribution in [0, 0.1) is 0 Å². The third kappa shape index (κ3) is 4.20. The number of nitrogens with zero attached hydrogens (tertiary/aromatic N) is 2. The van der Waals surface area contributed by atoms with Crippen molar-refractivity contribution in [2.45, 2.75) is 65.5 Å². The Balaban J connectivity index is 1.97. The summed E-state index contributed by atoms with van der Waals surface area (Å²) >= 11 is 0. The fourth-order valence-electron chi connectivity index (χ4n) is 4.27. The molecule has 1 atom stereocenters. The maximum absolute atomic E-state index is 6.02. The molecule has 1 N–H and O–H groups in total. The highest BCUT2D eigenvalue weighted by atomic mass is 16.5. The van der Waals surface area contributed by atoms with Crippen LogP contribution >= 0.6 is 0 Å². The fourth-order valence-corrected chi connectivity index (χ4v) is 4.27. The Hall–Kier alpha value is -2.23. The van der Waals surface area contributed by atoms with Gasteiger partial charge in [0, 0.05) is 42.8 Å². The SMILES string of the molecule is CCCN1c2cc(OCC)c(NCc3ccncc3)cc2C(C)CC1(C)C. The average molecular weight is 368 g/mol. The van der Waals surface area contributed by atoms with Gasteiger partial charge in [0.15, 0.2) is 0 Å². The Morgan fingerprint density at radius 2 is 1.96 bits per heavy atom. The molecule has 0 saturated carbocycles. The maximum atomic E-state index is 6.02. The molecule has 1 aliphatic heterocycles. The molecule has 1 aromatic carbocycles. The number of fused-ring (bicyclic) bond motifs is 1. The summed E-state index contributed by atoms with van der Waals surface area (Å²) in [5, 5.41) is 3.58. The summed E-state index contributed by atoms with van der Waals surface area (Å²) in [7, 11) is 0. The van der Waals surface area contributed by atoms with Gasteiger partial charge in [-0.25, -0.2) is 0 Å². The van der Waals surface area contributed by atoms with Crippen molar-refractivity contribution in [2.24, 2.45) is 0 Å². The van der Waals surface area contributed by atoms with Crippen molar-refractivity contribution in [3.8, 4) is 5.75 Å². The van der Waals surface area contributed by atoms with E-state index in [0.29, 0.717) is 12.5 Å². The van der Waals surface area contributed by atoms with Crippen molar-refractivity contribution in [1.29, 1.82) is 0 Å². The lowest BCUT2D eigenvalue weighted by molar-refractivity contribution is 0.339. The number of ether oxygens (including phenoxy) is 1. The van der Waals surface area contributed by atoms with Gasteiger partial charge in [0.1, 0.15) is 5.75 Å². The molecule has 0 fully saturated rings. The van der Waals surface area contributed by atoms with Gasteiger partial charge in [0.05, 0.1) is 12.3 Å². The molecule has 27 heavy (non-hydrogen) atoms. The van der Waals surface area contributed by atoms with Gasteiger partial charge in [-0.3, -0.25) is 4.98 Å². The van der Waals surface area contributed by atoms with Gasteiger partial charge in [-0.2, -0.15) is 0 Å². The smallest absolute Gasteiger partial charge is 0.144 e. The molecular weight excluding hydrogens is 334 g/mol. The number of hydrogen-bond donors (Lipinski definition) is 1. The first-order chi connectivity index (χ1) is 13.0. The zero-order valence-electron chi connectivity index (χ0n) is 17.4. The molecule has 4 nitrogen and oxygen atoms in total. The van der Waals surface area contributed by atoms with E-state index in [1.807, 2.05) is 31.5 Å². The summed E-state index contributed by atoms with van der Waals surface area (Å²) in [4.78, 5) is 6.66. The van der Waals surface area contributed by atoms with Crippen LogP contribution in [0.15, 0.2) is 36.7 Å². The third-order valence-corrected chi connectivity index (χ3v) is 5.47. The third-order valence-electron chi connectivity index (χ3n) is 5.47. The van der Waals surface area contributed by atoms with Crippen LogP contribution in [0.5, 0.6) is 5.75 Å². The summed E-state index contributed by atoms with van der Waals surface area (Å²) in [5.41, 5.74) is 5.21. The van der Waals surface area contributed by atoms with E-state index in [1.54, 1.807) is 0 Å². The Bertz CT molecular complexity index is 758. The lowest BCUT2D eigenvalue weighted by atomic mass is 9.79. The average Bonchev–Trinajstić information content (AvgIpc) is 2.64. The summed E-state index contributed by atoms with van der Waals surface area (Å²) in [5.74, 6) is 1.47. The topological polar surface area (TPSA) is 37.4 Å². The lowest BCUT2D eigenvalue weighted by Gasteiger charge is -2.48. The lowest BCUT2D eigenvalue weighted by Crippen LogP contribution is -2.48. The minimum Gasteiger partial charge on any atom is -0.492 e. The molecule has 1 aliphatic rings. The highest BCUT2D eigenvalue weighted by Crippen LogP contribution is 2.47. The number of nitrogens with one attached hydrogen (secondary N) is 1. The zero-order valence-corrected chi connectivity index (χ0v) is 17.4. The second-order valence-corrected chi connectivity index (χ2v) is 8.12. The number of hydrogen-bond acceptors (Lipinski definition) is 4. The molecule has 0 spiro atoms. The first kappa shape index (κ1) is 19.5. The predicted octanol–water partition coefficient (Wildman–Crippen LogP) is 5.59. The van der Waals surface area contributed by atoms with Gasteiger partial charge in [-0.1, -0.05) is 13.8 Å². The summed E-state index contributed by atoms with van der Waals surface area (Å²) < 4.78 is 6.02. The first-order valence-electron chi connectivity index (χ1n) is 10.2. The van der Waals surface area contributed by atoms with Crippen LogP contribution in [-0.2, 0) is 6.54 Å². The number of rotatable bonds is 7. The van der Waals surface area contributed by atoms with E-state index in [0.717, 1.165) is 37.4 Å². The number of aromatic nitrogens is 1.